The lowest BCUT2D eigenvalue weighted by Crippen LogP contribution is -2.41. The van der Waals surface area contributed by atoms with Crippen molar-refractivity contribution in [1.29, 1.82) is 0 Å². The van der Waals surface area contributed by atoms with Crippen molar-refractivity contribution < 1.29 is 4.79 Å². The highest BCUT2D eigenvalue weighted by Gasteiger charge is 2.39. The Morgan fingerprint density at radius 3 is 2.15 bits per heavy atom. The molecule has 0 radical (unpaired) electrons. The molecule has 1 amide bonds. The predicted octanol–water partition coefficient (Wildman–Crippen LogP) is 5.04. The lowest BCUT2D eigenvalue weighted by Gasteiger charge is -2.38. The Balaban J connectivity index is 1.73. The van der Waals surface area contributed by atoms with Crippen molar-refractivity contribution in [1.82, 2.24) is 0 Å². The van der Waals surface area contributed by atoms with Crippen molar-refractivity contribution >= 4 is 11.6 Å². The number of amides is 1. The molecule has 3 aromatic carbocycles. The Labute approximate surface area is 155 Å². The Morgan fingerprint density at radius 1 is 0.808 bits per heavy atom. The van der Waals surface area contributed by atoms with Crippen molar-refractivity contribution in [3.8, 4) is 0 Å². The maximum atomic E-state index is 13.2. The van der Waals surface area contributed by atoms with Crippen molar-refractivity contribution in [2.24, 2.45) is 5.92 Å². The van der Waals surface area contributed by atoms with E-state index in [1.54, 1.807) is 0 Å². The summed E-state index contributed by atoms with van der Waals surface area (Å²) in [5.41, 5.74) is 4.79. The molecule has 2 heteroatoms. The van der Waals surface area contributed by atoms with Crippen LogP contribution in [0, 0.1) is 5.92 Å². The molecule has 3 aromatic rings. The van der Waals surface area contributed by atoms with Gasteiger partial charge in [0, 0.05) is 24.6 Å². The van der Waals surface area contributed by atoms with Gasteiger partial charge in [-0.3, -0.25) is 4.79 Å². The first kappa shape index (κ1) is 16.6. The second-order valence-electron chi connectivity index (χ2n) is 6.98. The molecular formula is C24H23NO. The molecule has 1 heterocycles. The third kappa shape index (κ3) is 3.03. The summed E-state index contributed by atoms with van der Waals surface area (Å²) in [4.78, 5) is 15.1. The van der Waals surface area contributed by atoms with Gasteiger partial charge in [0.1, 0.15) is 0 Å². The largest absolute Gasteiger partial charge is 0.315 e. The van der Waals surface area contributed by atoms with Crippen LogP contribution in [0.25, 0.3) is 0 Å². The van der Waals surface area contributed by atoms with E-state index >= 15 is 0 Å². The van der Waals surface area contributed by atoms with E-state index in [-0.39, 0.29) is 17.7 Å². The molecular weight excluding hydrogens is 318 g/mol. The Bertz CT molecular complexity index is 888. The zero-order valence-corrected chi connectivity index (χ0v) is 15.0. The van der Waals surface area contributed by atoms with E-state index in [9.17, 15) is 4.79 Å². The molecule has 0 saturated carbocycles. The van der Waals surface area contributed by atoms with Gasteiger partial charge >= 0.3 is 0 Å². The van der Waals surface area contributed by atoms with Crippen molar-refractivity contribution in [2.75, 3.05) is 11.9 Å². The fraction of sp³-hybridized carbons (Fsp3) is 0.208. The maximum absolute atomic E-state index is 13.2. The average molecular weight is 341 g/mol. The Morgan fingerprint density at radius 2 is 1.42 bits per heavy atom. The van der Waals surface area contributed by atoms with Crippen molar-refractivity contribution in [2.45, 2.75) is 18.8 Å². The van der Waals surface area contributed by atoms with Crippen LogP contribution < -0.4 is 4.90 Å². The average Bonchev–Trinajstić information content (AvgIpc) is 2.71. The van der Waals surface area contributed by atoms with Crippen LogP contribution in [0.3, 0.4) is 0 Å². The molecule has 26 heavy (non-hydrogen) atoms. The van der Waals surface area contributed by atoms with Crippen LogP contribution in [-0.2, 0) is 11.2 Å². The van der Waals surface area contributed by atoms with Gasteiger partial charge in [-0.2, -0.15) is 0 Å². The summed E-state index contributed by atoms with van der Waals surface area (Å²) in [6.45, 7) is 0. The van der Waals surface area contributed by atoms with Crippen LogP contribution in [0.5, 0.6) is 0 Å². The number of rotatable bonds is 4. The molecule has 0 fully saturated rings. The highest BCUT2D eigenvalue weighted by Crippen LogP contribution is 2.44. The fourth-order valence-corrected chi connectivity index (χ4v) is 4.11. The number of para-hydroxylation sites is 1. The van der Waals surface area contributed by atoms with Crippen molar-refractivity contribution in [3.05, 3.63) is 102 Å². The monoisotopic (exact) mass is 341 g/mol. The van der Waals surface area contributed by atoms with Crippen LogP contribution >= 0.6 is 0 Å². The Kier molecular flexibility index (Phi) is 4.57. The second-order valence-corrected chi connectivity index (χ2v) is 6.98. The highest BCUT2D eigenvalue weighted by molar-refractivity contribution is 5.99. The highest BCUT2D eigenvalue weighted by atomic mass is 16.2. The van der Waals surface area contributed by atoms with Crippen LogP contribution in [0.4, 0.5) is 5.69 Å². The molecule has 0 saturated heterocycles. The number of nitrogens with zero attached hydrogens (tertiary/aromatic N) is 1. The summed E-state index contributed by atoms with van der Waals surface area (Å²) < 4.78 is 0. The molecule has 2 unspecified atom stereocenters. The summed E-state index contributed by atoms with van der Waals surface area (Å²) >= 11 is 0. The van der Waals surface area contributed by atoms with Gasteiger partial charge in [-0.1, -0.05) is 78.9 Å². The number of hydrogen-bond donors (Lipinski definition) is 0. The van der Waals surface area contributed by atoms with E-state index in [2.05, 4.69) is 66.7 Å². The van der Waals surface area contributed by atoms with Gasteiger partial charge in [0.25, 0.3) is 0 Å². The third-order valence-electron chi connectivity index (χ3n) is 5.43. The van der Waals surface area contributed by atoms with Gasteiger partial charge in [0.2, 0.25) is 5.91 Å². The second kappa shape index (κ2) is 7.17. The fourth-order valence-electron chi connectivity index (χ4n) is 4.11. The topological polar surface area (TPSA) is 20.3 Å². The van der Waals surface area contributed by atoms with Crippen LogP contribution in [-0.4, -0.2) is 13.0 Å². The normalized spacial score (nSPS) is 19.3. The minimum atomic E-state index is -0.0440. The number of fused-ring (bicyclic) bond motifs is 1. The van der Waals surface area contributed by atoms with E-state index in [1.807, 2.05) is 30.1 Å². The zero-order chi connectivity index (χ0) is 17.9. The van der Waals surface area contributed by atoms with E-state index in [0.29, 0.717) is 0 Å². The number of carbonyl (C=O) groups is 1. The van der Waals surface area contributed by atoms with Gasteiger partial charge in [0.05, 0.1) is 0 Å². The summed E-state index contributed by atoms with van der Waals surface area (Å²) in [6, 6.07) is 29.2. The van der Waals surface area contributed by atoms with E-state index in [0.717, 1.165) is 18.5 Å². The van der Waals surface area contributed by atoms with E-state index in [1.165, 1.54) is 16.7 Å². The predicted molar refractivity (Wildman–Crippen MR) is 106 cm³/mol. The lowest BCUT2D eigenvalue weighted by atomic mass is 9.74. The van der Waals surface area contributed by atoms with Gasteiger partial charge in [-0.05, 0) is 35.6 Å². The summed E-state index contributed by atoms with van der Waals surface area (Å²) in [5.74, 6) is 0.283. The first-order valence-corrected chi connectivity index (χ1v) is 9.21. The third-order valence-corrected chi connectivity index (χ3v) is 5.43. The smallest absolute Gasteiger partial charge is 0.230 e. The van der Waals surface area contributed by atoms with Crippen LogP contribution in [0.15, 0.2) is 84.9 Å². The molecule has 0 aliphatic carbocycles. The minimum Gasteiger partial charge on any atom is -0.315 e. The molecule has 0 spiro atoms. The molecule has 2 atom stereocenters. The van der Waals surface area contributed by atoms with E-state index < -0.39 is 0 Å². The molecule has 0 bridgehead atoms. The molecule has 0 aromatic heterocycles. The van der Waals surface area contributed by atoms with Crippen molar-refractivity contribution in [3.63, 3.8) is 0 Å². The molecule has 4 rings (SSSR count). The minimum absolute atomic E-state index is 0.0440. The van der Waals surface area contributed by atoms with Gasteiger partial charge in [-0.25, -0.2) is 0 Å². The molecule has 130 valence electrons. The first-order chi connectivity index (χ1) is 12.8. The molecule has 2 nitrogen and oxygen atoms in total. The van der Waals surface area contributed by atoms with Gasteiger partial charge < -0.3 is 4.90 Å². The zero-order valence-electron chi connectivity index (χ0n) is 15.0. The van der Waals surface area contributed by atoms with E-state index in [4.69, 9.17) is 0 Å². The number of hydrogen-bond acceptors (Lipinski definition) is 1. The van der Waals surface area contributed by atoms with Crippen LogP contribution in [0.1, 0.15) is 29.0 Å². The number of anilines is 1. The number of carbonyl (C=O) groups excluding carboxylic acids is 1. The van der Waals surface area contributed by atoms with Gasteiger partial charge in [0.15, 0.2) is 0 Å². The molecule has 0 N–H and O–H groups in total. The SMILES string of the molecule is CN1C(=O)C(CCc2ccccc2)C(c2ccccc2)c2ccccc21. The molecule has 1 aliphatic heterocycles. The quantitative estimate of drug-likeness (QED) is 0.651. The first-order valence-electron chi connectivity index (χ1n) is 9.21. The summed E-state index contributed by atoms with van der Waals surface area (Å²) in [7, 11) is 1.90. The molecule has 1 aliphatic rings. The summed E-state index contributed by atoms with van der Waals surface area (Å²) in [5, 5.41) is 0. The lowest BCUT2D eigenvalue weighted by molar-refractivity contribution is -0.123. The maximum Gasteiger partial charge on any atom is 0.230 e. The number of aryl methyl sites for hydroxylation is 1. The van der Waals surface area contributed by atoms with Crippen LogP contribution in [0.2, 0.25) is 0 Å². The number of benzene rings is 3. The Hall–Kier alpha value is -2.87. The standard InChI is InChI=1S/C24H23NO/c1-25-22-15-9-8-14-20(22)23(19-12-6-3-7-13-19)21(24(25)26)17-16-18-10-4-2-5-11-18/h2-15,21,23H,16-17H2,1H3. The summed E-state index contributed by atoms with van der Waals surface area (Å²) in [6.07, 6.45) is 1.76. The van der Waals surface area contributed by atoms with Gasteiger partial charge in [-0.15, -0.1) is 0 Å².